The summed E-state index contributed by atoms with van der Waals surface area (Å²) in [6, 6.07) is 11.1. The second kappa shape index (κ2) is 8.84. The molecule has 0 unspecified atom stereocenters. The molecule has 1 amide bonds. The normalized spacial score (nSPS) is 17.6. The summed E-state index contributed by atoms with van der Waals surface area (Å²) in [7, 11) is -0.498. The van der Waals surface area contributed by atoms with Crippen molar-refractivity contribution >= 4 is 21.6 Å². The fourth-order valence-electron chi connectivity index (χ4n) is 3.37. The van der Waals surface area contributed by atoms with Gasteiger partial charge in [0.1, 0.15) is 11.5 Å². The molecular weight excluding hydrogens is 392 g/mol. The summed E-state index contributed by atoms with van der Waals surface area (Å²) in [5.41, 5.74) is 0.878. The first-order valence-corrected chi connectivity index (χ1v) is 10.9. The van der Waals surface area contributed by atoms with Crippen LogP contribution in [0.1, 0.15) is 30.1 Å². The van der Waals surface area contributed by atoms with Crippen LogP contribution in [0.4, 0.5) is 5.69 Å². The highest BCUT2D eigenvalue weighted by Gasteiger charge is 2.28. The standard InChI is InChI=1S/C21H26N2O5S/c1-15-5-4-10-23(14-15)29(25,26)20-8-6-17(7-9-20)22-21(24)16-11-18(27-2)13-19(12-16)28-3/h6-9,11-13,15H,4-5,10,14H2,1-3H3,(H,22,24)/t15-/m0/s1. The van der Waals surface area contributed by atoms with E-state index in [0.717, 1.165) is 12.8 Å². The number of sulfonamides is 1. The van der Waals surface area contributed by atoms with Gasteiger partial charge in [-0.3, -0.25) is 4.79 Å². The van der Waals surface area contributed by atoms with Crippen LogP contribution in [-0.2, 0) is 10.0 Å². The van der Waals surface area contributed by atoms with E-state index in [1.165, 1.54) is 30.7 Å². The van der Waals surface area contributed by atoms with Crippen LogP contribution in [0.15, 0.2) is 47.4 Å². The largest absolute Gasteiger partial charge is 0.497 e. The van der Waals surface area contributed by atoms with Gasteiger partial charge in [0.15, 0.2) is 0 Å². The van der Waals surface area contributed by atoms with Crippen molar-refractivity contribution in [2.45, 2.75) is 24.7 Å². The Labute approximate surface area is 171 Å². The Kier molecular flexibility index (Phi) is 6.44. The van der Waals surface area contributed by atoms with Crippen LogP contribution in [-0.4, -0.2) is 45.9 Å². The molecule has 1 atom stereocenters. The van der Waals surface area contributed by atoms with E-state index in [1.807, 2.05) is 0 Å². The van der Waals surface area contributed by atoms with Crippen LogP contribution >= 0.6 is 0 Å². The van der Waals surface area contributed by atoms with E-state index < -0.39 is 10.0 Å². The van der Waals surface area contributed by atoms with Gasteiger partial charge in [-0.15, -0.1) is 0 Å². The molecule has 0 radical (unpaired) electrons. The molecular formula is C21H26N2O5S. The van der Waals surface area contributed by atoms with E-state index >= 15 is 0 Å². The van der Waals surface area contributed by atoms with E-state index in [4.69, 9.17) is 9.47 Å². The van der Waals surface area contributed by atoms with Gasteiger partial charge in [-0.2, -0.15) is 4.31 Å². The summed E-state index contributed by atoms with van der Waals surface area (Å²) in [6.45, 7) is 3.15. The Morgan fingerprint density at radius 2 is 1.69 bits per heavy atom. The number of methoxy groups -OCH3 is 2. The average Bonchev–Trinajstić information content (AvgIpc) is 2.73. The van der Waals surface area contributed by atoms with Gasteiger partial charge in [0.05, 0.1) is 19.1 Å². The maximum atomic E-state index is 12.8. The van der Waals surface area contributed by atoms with E-state index in [9.17, 15) is 13.2 Å². The Hall–Kier alpha value is -2.58. The number of hydrogen-bond acceptors (Lipinski definition) is 5. The SMILES string of the molecule is COc1cc(OC)cc(C(=O)Nc2ccc(S(=O)(=O)N3CCC[C@H](C)C3)cc2)c1. The molecule has 0 spiro atoms. The number of piperidine rings is 1. The molecule has 7 nitrogen and oxygen atoms in total. The number of nitrogens with zero attached hydrogens (tertiary/aromatic N) is 1. The van der Waals surface area contributed by atoms with Gasteiger partial charge in [-0.1, -0.05) is 6.92 Å². The Morgan fingerprint density at radius 1 is 1.07 bits per heavy atom. The molecule has 1 aliphatic heterocycles. The lowest BCUT2D eigenvalue weighted by atomic mass is 10.0. The molecule has 156 valence electrons. The fourth-order valence-corrected chi connectivity index (χ4v) is 4.96. The van der Waals surface area contributed by atoms with Crippen molar-refractivity contribution in [3.8, 4) is 11.5 Å². The van der Waals surface area contributed by atoms with Gasteiger partial charge in [0.25, 0.3) is 5.91 Å². The first-order valence-electron chi connectivity index (χ1n) is 9.48. The monoisotopic (exact) mass is 418 g/mol. The van der Waals surface area contributed by atoms with Crippen LogP contribution in [0, 0.1) is 5.92 Å². The summed E-state index contributed by atoms with van der Waals surface area (Å²) in [4.78, 5) is 12.8. The number of ether oxygens (including phenoxy) is 2. The van der Waals surface area contributed by atoms with Crippen molar-refractivity contribution in [1.82, 2.24) is 4.31 Å². The highest BCUT2D eigenvalue weighted by Crippen LogP contribution is 2.26. The second-order valence-electron chi connectivity index (χ2n) is 7.19. The number of carbonyl (C=O) groups is 1. The minimum atomic E-state index is -3.52. The quantitative estimate of drug-likeness (QED) is 0.777. The van der Waals surface area contributed by atoms with Crippen molar-refractivity contribution in [3.63, 3.8) is 0 Å². The molecule has 1 fully saturated rings. The predicted octanol–water partition coefficient (Wildman–Crippen LogP) is 3.38. The third-order valence-electron chi connectivity index (χ3n) is 4.98. The van der Waals surface area contributed by atoms with Crippen LogP contribution in [0.3, 0.4) is 0 Å². The molecule has 3 rings (SSSR count). The summed E-state index contributed by atoms with van der Waals surface area (Å²) >= 11 is 0. The molecule has 0 aliphatic carbocycles. The smallest absolute Gasteiger partial charge is 0.255 e. The lowest BCUT2D eigenvalue weighted by Crippen LogP contribution is -2.39. The fraction of sp³-hybridized carbons (Fsp3) is 0.381. The molecule has 29 heavy (non-hydrogen) atoms. The number of nitrogens with one attached hydrogen (secondary N) is 1. The van der Waals surface area contributed by atoms with E-state index in [0.29, 0.717) is 41.8 Å². The van der Waals surface area contributed by atoms with Crippen LogP contribution < -0.4 is 14.8 Å². The van der Waals surface area contributed by atoms with Crippen LogP contribution in [0.2, 0.25) is 0 Å². The van der Waals surface area contributed by atoms with Gasteiger partial charge in [0, 0.05) is 30.4 Å². The molecule has 0 bridgehead atoms. The number of carbonyl (C=O) groups excluding carboxylic acids is 1. The Morgan fingerprint density at radius 3 is 2.24 bits per heavy atom. The molecule has 0 aromatic heterocycles. The molecule has 8 heteroatoms. The lowest BCUT2D eigenvalue weighted by molar-refractivity contribution is 0.102. The third kappa shape index (κ3) is 4.89. The van der Waals surface area contributed by atoms with Crippen molar-refractivity contribution in [2.24, 2.45) is 5.92 Å². The number of benzene rings is 2. The van der Waals surface area contributed by atoms with Gasteiger partial charge >= 0.3 is 0 Å². The molecule has 1 saturated heterocycles. The zero-order chi connectivity index (χ0) is 21.0. The zero-order valence-electron chi connectivity index (χ0n) is 16.8. The summed E-state index contributed by atoms with van der Waals surface area (Å²) < 4.78 is 37.6. The van der Waals surface area contributed by atoms with Crippen molar-refractivity contribution < 1.29 is 22.7 Å². The highest BCUT2D eigenvalue weighted by atomic mass is 32.2. The molecule has 1 N–H and O–H groups in total. The maximum Gasteiger partial charge on any atom is 0.255 e. The number of hydrogen-bond donors (Lipinski definition) is 1. The van der Waals surface area contributed by atoms with Gasteiger partial charge in [-0.05, 0) is 55.2 Å². The molecule has 1 heterocycles. The highest BCUT2D eigenvalue weighted by molar-refractivity contribution is 7.89. The summed E-state index contributed by atoms with van der Waals surface area (Å²) in [5, 5.41) is 2.77. The number of rotatable bonds is 6. The van der Waals surface area contributed by atoms with Gasteiger partial charge in [-0.25, -0.2) is 8.42 Å². The van der Waals surface area contributed by atoms with E-state index in [-0.39, 0.29) is 10.8 Å². The third-order valence-corrected chi connectivity index (χ3v) is 6.86. The van der Waals surface area contributed by atoms with Crippen LogP contribution in [0.5, 0.6) is 11.5 Å². The van der Waals surface area contributed by atoms with E-state index in [1.54, 1.807) is 30.3 Å². The topological polar surface area (TPSA) is 84.9 Å². The second-order valence-corrected chi connectivity index (χ2v) is 9.13. The maximum absolute atomic E-state index is 12.8. The Bertz CT molecular complexity index is 951. The average molecular weight is 419 g/mol. The lowest BCUT2D eigenvalue weighted by Gasteiger charge is -2.30. The van der Waals surface area contributed by atoms with Gasteiger partial charge in [0.2, 0.25) is 10.0 Å². The molecule has 2 aromatic rings. The minimum Gasteiger partial charge on any atom is -0.497 e. The predicted molar refractivity (Wildman–Crippen MR) is 111 cm³/mol. The molecule has 0 saturated carbocycles. The molecule has 1 aliphatic rings. The van der Waals surface area contributed by atoms with Crippen molar-refractivity contribution in [3.05, 3.63) is 48.0 Å². The van der Waals surface area contributed by atoms with Crippen molar-refractivity contribution in [1.29, 1.82) is 0 Å². The van der Waals surface area contributed by atoms with Gasteiger partial charge < -0.3 is 14.8 Å². The summed E-state index contributed by atoms with van der Waals surface area (Å²) in [5.74, 6) is 1.03. The van der Waals surface area contributed by atoms with Crippen LogP contribution in [0.25, 0.3) is 0 Å². The zero-order valence-corrected chi connectivity index (χ0v) is 17.7. The molecule has 2 aromatic carbocycles. The Balaban J connectivity index is 1.74. The first kappa shape index (κ1) is 21.1. The number of amides is 1. The van der Waals surface area contributed by atoms with Crippen molar-refractivity contribution in [2.75, 3.05) is 32.6 Å². The van der Waals surface area contributed by atoms with E-state index in [2.05, 4.69) is 12.2 Å². The number of anilines is 1. The first-order chi connectivity index (χ1) is 13.8. The minimum absolute atomic E-state index is 0.229. The summed E-state index contributed by atoms with van der Waals surface area (Å²) in [6.07, 6.45) is 1.92.